The van der Waals surface area contributed by atoms with Gasteiger partial charge in [0.25, 0.3) is 0 Å². The van der Waals surface area contributed by atoms with Crippen LogP contribution in [0.4, 0.5) is 0 Å². The molecule has 1 heterocycles. The number of nitrogens with two attached hydrogens (primary N) is 1. The van der Waals surface area contributed by atoms with Gasteiger partial charge in [0.15, 0.2) is 0 Å². The van der Waals surface area contributed by atoms with Gasteiger partial charge < -0.3 is 10.3 Å². The SMILES string of the molecule is NCC1CCCCC1n1cccc1. The molecule has 1 aromatic rings. The summed E-state index contributed by atoms with van der Waals surface area (Å²) in [6.45, 7) is 0.836. The van der Waals surface area contributed by atoms with Gasteiger partial charge in [-0.1, -0.05) is 12.8 Å². The smallest absolute Gasteiger partial charge is 0.0370 e. The van der Waals surface area contributed by atoms with Gasteiger partial charge in [-0.15, -0.1) is 0 Å². The molecule has 0 spiro atoms. The third-order valence-electron chi connectivity index (χ3n) is 3.18. The van der Waals surface area contributed by atoms with Crippen LogP contribution in [-0.2, 0) is 0 Å². The fourth-order valence-electron chi connectivity index (χ4n) is 2.42. The minimum absolute atomic E-state index is 0.661. The lowest BCUT2D eigenvalue weighted by Crippen LogP contribution is -2.28. The highest BCUT2D eigenvalue weighted by atomic mass is 15.0. The summed E-state index contributed by atoms with van der Waals surface area (Å²) in [4.78, 5) is 0. The van der Waals surface area contributed by atoms with Gasteiger partial charge in [-0.2, -0.15) is 0 Å². The normalized spacial score (nSPS) is 29.0. The molecule has 0 aliphatic heterocycles. The molecular weight excluding hydrogens is 160 g/mol. The molecule has 0 radical (unpaired) electrons. The summed E-state index contributed by atoms with van der Waals surface area (Å²) in [5.41, 5.74) is 5.79. The number of aromatic nitrogens is 1. The van der Waals surface area contributed by atoms with E-state index < -0.39 is 0 Å². The maximum absolute atomic E-state index is 5.79. The quantitative estimate of drug-likeness (QED) is 0.739. The first-order valence-electron chi connectivity index (χ1n) is 5.24. The molecule has 1 aliphatic carbocycles. The van der Waals surface area contributed by atoms with Crippen molar-refractivity contribution in [2.75, 3.05) is 6.54 Å². The summed E-state index contributed by atoms with van der Waals surface area (Å²) in [5.74, 6) is 0.696. The molecule has 0 amide bonds. The molecular formula is C11H18N2. The summed E-state index contributed by atoms with van der Waals surface area (Å²) in [7, 11) is 0. The predicted octanol–water partition coefficient (Wildman–Crippen LogP) is 2.18. The van der Waals surface area contributed by atoms with Crippen molar-refractivity contribution in [2.24, 2.45) is 11.7 Å². The van der Waals surface area contributed by atoms with Crippen LogP contribution in [0.1, 0.15) is 31.7 Å². The molecule has 72 valence electrons. The zero-order chi connectivity index (χ0) is 9.10. The standard InChI is InChI=1S/C11H18N2/c12-9-10-5-1-2-6-11(10)13-7-3-4-8-13/h3-4,7-8,10-11H,1-2,5-6,9,12H2. The van der Waals surface area contributed by atoms with Crippen molar-refractivity contribution in [1.82, 2.24) is 4.57 Å². The Labute approximate surface area is 79.7 Å². The molecule has 1 aliphatic rings. The molecule has 2 nitrogen and oxygen atoms in total. The Hall–Kier alpha value is -0.760. The monoisotopic (exact) mass is 178 g/mol. The van der Waals surface area contributed by atoms with Gasteiger partial charge in [0.1, 0.15) is 0 Å². The van der Waals surface area contributed by atoms with Crippen LogP contribution in [0.25, 0.3) is 0 Å². The van der Waals surface area contributed by atoms with Crippen LogP contribution in [0.5, 0.6) is 0 Å². The van der Waals surface area contributed by atoms with Gasteiger partial charge in [0.2, 0.25) is 0 Å². The first kappa shape index (κ1) is 8.82. The van der Waals surface area contributed by atoms with Gasteiger partial charge in [-0.3, -0.25) is 0 Å². The zero-order valence-electron chi connectivity index (χ0n) is 8.02. The van der Waals surface area contributed by atoms with Crippen LogP contribution in [0.2, 0.25) is 0 Å². The largest absolute Gasteiger partial charge is 0.351 e. The van der Waals surface area contributed by atoms with Crippen molar-refractivity contribution in [3.05, 3.63) is 24.5 Å². The lowest BCUT2D eigenvalue weighted by Gasteiger charge is -2.31. The molecule has 13 heavy (non-hydrogen) atoms. The topological polar surface area (TPSA) is 30.9 Å². The van der Waals surface area contributed by atoms with E-state index >= 15 is 0 Å². The Bertz CT molecular complexity index is 241. The molecule has 2 atom stereocenters. The van der Waals surface area contributed by atoms with Crippen molar-refractivity contribution in [1.29, 1.82) is 0 Å². The molecule has 1 aromatic heterocycles. The highest BCUT2D eigenvalue weighted by Gasteiger charge is 2.24. The van der Waals surface area contributed by atoms with E-state index in [2.05, 4.69) is 29.1 Å². The summed E-state index contributed by atoms with van der Waals surface area (Å²) in [5, 5.41) is 0. The van der Waals surface area contributed by atoms with Crippen LogP contribution in [0, 0.1) is 5.92 Å². The minimum atomic E-state index is 0.661. The van der Waals surface area contributed by atoms with E-state index in [1.165, 1.54) is 25.7 Å². The van der Waals surface area contributed by atoms with E-state index in [1.807, 2.05) is 0 Å². The summed E-state index contributed by atoms with van der Waals surface area (Å²) >= 11 is 0. The molecule has 0 saturated heterocycles. The van der Waals surface area contributed by atoms with Gasteiger partial charge >= 0.3 is 0 Å². The summed E-state index contributed by atoms with van der Waals surface area (Å²) < 4.78 is 2.33. The Morgan fingerprint density at radius 1 is 1.15 bits per heavy atom. The Kier molecular flexibility index (Phi) is 2.69. The van der Waals surface area contributed by atoms with Gasteiger partial charge in [-0.25, -0.2) is 0 Å². The molecule has 0 bridgehead atoms. The van der Waals surface area contributed by atoms with Gasteiger partial charge in [0, 0.05) is 18.4 Å². The second-order valence-corrected chi connectivity index (χ2v) is 3.98. The Morgan fingerprint density at radius 3 is 2.54 bits per heavy atom. The molecule has 1 saturated carbocycles. The van der Waals surface area contributed by atoms with Crippen LogP contribution >= 0.6 is 0 Å². The fraction of sp³-hybridized carbons (Fsp3) is 0.636. The maximum atomic E-state index is 5.79. The van der Waals surface area contributed by atoms with E-state index in [-0.39, 0.29) is 0 Å². The van der Waals surface area contributed by atoms with Crippen LogP contribution < -0.4 is 5.73 Å². The van der Waals surface area contributed by atoms with E-state index in [0.29, 0.717) is 12.0 Å². The first-order chi connectivity index (χ1) is 6.42. The van der Waals surface area contributed by atoms with E-state index in [1.54, 1.807) is 0 Å². The highest BCUT2D eigenvalue weighted by molar-refractivity contribution is 4.95. The lowest BCUT2D eigenvalue weighted by molar-refractivity contribution is 0.245. The summed E-state index contributed by atoms with van der Waals surface area (Å²) in [6.07, 6.45) is 9.66. The molecule has 0 aromatic carbocycles. The number of hydrogen-bond donors (Lipinski definition) is 1. The van der Waals surface area contributed by atoms with Gasteiger partial charge in [-0.05, 0) is 37.4 Å². The average Bonchev–Trinajstić information content (AvgIpc) is 2.70. The average molecular weight is 178 g/mol. The van der Waals surface area contributed by atoms with E-state index in [0.717, 1.165) is 6.54 Å². The van der Waals surface area contributed by atoms with Crippen molar-refractivity contribution < 1.29 is 0 Å². The maximum Gasteiger partial charge on any atom is 0.0370 e. The van der Waals surface area contributed by atoms with Crippen LogP contribution in [0.3, 0.4) is 0 Å². The highest BCUT2D eigenvalue weighted by Crippen LogP contribution is 2.32. The number of nitrogens with zero attached hydrogens (tertiary/aromatic N) is 1. The van der Waals surface area contributed by atoms with Crippen LogP contribution in [-0.4, -0.2) is 11.1 Å². The fourth-order valence-corrected chi connectivity index (χ4v) is 2.42. The zero-order valence-corrected chi connectivity index (χ0v) is 8.02. The summed E-state index contributed by atoms with van der Waals surface area (Å²) in [6, 6.07) is 4.86. The van der Waals surface area contributed by atoms with Crippen molar-refractivity contribution >= 4 is 0 Å². The Morgan fingerprint density at radius 2 is 1.85 bits per heavy atom. The molecule has 1 fully saturated rings. The van der Waals surface area contributed by atoms with E-state index in [4.69, 9.17) is 5.73 Å². The van der Waals surface area contributed by atoms with E-state index in [9.17, 15) is 0 Å². The van der Waals surface area contributed by atoms with Crippen molar-refractivity contribution in [3.63, 3.8) is 0 Å². The van der Waals surface area contributed by atoms with Crippen LogP contribution in [0.15, 0.2) is 24.5 Å². The third kappa shape index (κ3) is 1.78. The Balaban J connectivity index is 2.11. The second-order valence-electron chi connectivity index (χ2n) is 3.98. The number of rotatable bonds is 2. The van der Waals surface area contributed by atoms with Crippen molar-refractivity contribution in [2.45, 2.75) is 31.7 Å². The third-order valence-corrected chi connectivity index (χ3v) is 3.18. The molecule has 2 heteroatoms. The first-order valence-corrected chi connectivity index (χ1v) is 5.24. The van der Waals surface area contributed by atoms with Gasteiger partial charge in [0.05, 0.1) is 0 Å². The molecule has 2 rings (SSSR count). The molecule has 2 N–H and O–H groups in total. The van der Waals surface area contributed by atoms with Crippen molar-refractivity contribution in [3.8, 4) is 0 Å². The number of hydrogen-bond acceptors (Lipinski definition) is 1. The predicted molar refractivity (Wildman–Crippen MR) is 54.5 cm³/mol. The molecule has 2 unspecified atom stereocenters. The minimum Gasteiger partial charge on any atom is -0.351 e. The second kappa shape index (κ2) is 3.97. The lowest BCUT2D eigenvalue weighted by atomic mass is 9.84.